The quantitative estimate of drug-likeness (QED) is 0.846. The monoisotopic (exact) mass is 332 g/mol. The van der Waals surface area contributed by atoms with Crippen LogP contribution in [-0.4, -0.2) is 18.4 Å². The molecular formula is C17H17ClN2O3. The lowest BCUT2D eigenvalue weighted by atomic mass is 10.1. The average Bonchev–Trinajstić information content (AvgIpc) is 2.53. The summed E-state index contributed by atoms with van der Waals surface area (Å²) in [6, 6.07) is 12.2. The van der Waals surface area contributed by atoms with E-state index in [1.54, 1.807) is 18.2 Å². The first-order valence-electron chi connectivity index (χ1n) is 7.00. The summed E-state index contributed by atoms with van der Waals surface area (Å²) in [4.78, 5) is 23.6. The van der Waals surface area contributed by atoms with E-state index in [0.29, 0.717) is 16.3 Å². The fourth-order valence-electron chi connectivity index (χ4n) is 1.87. The van der Waals surface area contributed by atoms with Crippen molar-refractivity contribution in [2.24, 2.45) is 0 Å². The summed E-state index contributed by atoms with van der Waals surface area (Å²) in [6.45, 7) is 3.64. The largest absolute Gasteiger partial charge is 0.483 e. The molecule has 0 heterocycles. The van der Waals surface area contributed by atoms with Crippen LogP contribution in [-0.2, 0) is 4.79 Å². The van der Waals surface area contributed by atoms with Crippen LogP contribution >= 0.6 is 11.6 Å². The maximum absolute atomic E-state index is 11.8. The summed E-state index contributed by atoms with van der Waals surface area (Å²) in [5, 5.41) is 0.447. The highest BCUT2D eigenvalue weighted by Gasteiger charge is 2.09. The van der Waals surface area contributed by atoms with Crippen LogP contribution in [0.25, 0.3) is 0 Å². The molecule has 2 rings (SSSR count). The number of amides is 2. The number of hydrogen-bond donors (Lipinski definition) is 2. The van der Waals surface area contributed by atoms with Gasteiger partial charge in [-0.25, -0.2) is 0 Å². The molecule has 23 heavy (non-hydrogen) atoms. The Kier molecular flexibility index (Phi) is 5.60. The van der Waals surface area contributed by atoms with Gasteiger partial charge in [0, 0.05) is 10.6 Å². The number of aryl methyl sites for hydroxylation is 2. The van der Waals surface area contributed by atoms with Crippen LogP contribution in [0.4, 0.5) is 0 Å². The van der Waals surface area contributed by atoms with E-state index in [9.17, 15) is 9.59 Å². The van der Waals surface area contributed by atoms with Gasteiger partial charge in [0.25, 0.3) is 11.8 Å². The zero-order valence-electron chi connectivity index (χ0n) is 12.9. The Bertz CT molecular complexity index is 732. The van der Waals surface area contributed by atoms with E-state index in [4.69, 9.17) is 16.3 Å². The lowest BCUT2D eigenvalue weighted by Gasteiger charge is -2.11. The van der Waals surface area contributed by atoms with Gasteiger partial charge in [-0.15, -0.1) is 0 Å². The molecule has 6 heteroatoms. The number of hydrogen-bond acceptors (Lipinski definition) is 3. The van der Waals surface area contributed by atoms with Crippen molar-refractivity contribution in [3.63, 3.8) is 0 Å². The molecule has 0 fully saturated rings. The highest BCUT2D eigenvalue weighted by Crippen LogP contribution is 2.18. The molecule has 2 aromatic rings. The molecule has 0 aromatic heterocycles. The highest BCUT2D eigenvalue weighted by atomic mass is 35.5. The van der Waals surface area contributed by atoms with Crippen LogP contribution in [0.15, 0.2) is 42.5 Å². The number of carbonyl (C=O) groups is 2. The summed E-state index contributed by atoms with van der Waals surface area (Å²) >= 11 is 5.81. The van der Waals surface area contributed by atoms with Crippen molar-refractivity contribution in [1.82, 2.24) is 10.9 Å². The molecule has 0 saturated carbocycles. The van der Waals surface area contributed by atoms with Crippen molar-refractivity contribution in [3.05, 3.63) is 64.2 Å². The Hall–Kier alpha value is -2.53. The van der Waals surface area contributed by atoms with Crippen LogP contribution in [0.3, 0.4) is 0 Å². The summed E-state index contributed by atoms with van der Waals surface area (Å²) in [6.07, 6.45) is 0. The molecule has 0 aliphatic heterocycles. The van der Waals surface area contributed by atoms with Gasteiger partial charge in [0.15, 0.2) is 6.61 Å². The maximum Gasteiger partial charge on any atom is 0.276 e. The number of hydrazine groups is 1. The first-order valence-corrected chi connectivity index (χ1v) is 7.38. The van der Waals surface area contributed by atoms with E-state index in [2.05, 4.69) is 10.9 Å². The van der Waals surface area contributed by atoms with Crippen molar-refractivity contribution in [2.45, 2.75) is 13.8 Å². The van der Waals surface area contributed by atoms with Gasteiger partial charge < -0.3 is 4.74 Å². The van der Waals surface area contributed by atoms with E-state index in [1.807, 2.05) is 32.0 Å². The van der Waals surface area contributed by atoms with Crippen LogP contribution < -0.4 is 15.6 Å². The Morgan fingerprint density at radius 3 is 2.61 bits per heavy atom. The second-order valence-electron chi connectivity index (χ2n) is 5.07. The average molecular weight is 333 g/mol. The van der Waals surface area contributed by atoms with Gasteiger partial charge in [0.05, 0.1) is 0 Å². The molecule has 0 saturated heterocycles. The van der Waals surface area contributed by atoms with Gasteiger partial charge in [-0.1, -0.05) is 29.8 Å². The molecule has 0 aliphatic carbocycles. The van der Waals surface area contributed by atoms with Crippen LogP contribution in [0.2, 0.25) is 5.02 Å². The molecule has 0 atom stereocenters. The first kappa shape index (κ1) is 16.8. The van der Waals surface area contributed by atoms with Gasteiger partial charge in [-0.3, -0.25) is 20.4 Å². The second kappa shape index (κ2) is 7.65. The SMILES string of the molecule is Cc1ccc(C)c(OCC(=O)NNC(=O)c2cccc(Cl)c2)c1. The number of nitrogens with one attached hydrogen (secondary N) is 2. The molecule has 0 unspecified atom stereocenters. The van der Waals surface area contributed by atoms with Crippen molar-refractivity contribution in [3.8, 4) is 5.75 Å². The molecule has 2 N–H and O–H groups in total. The molecule has 0 aliphatic rings. The Morgan fingerprint density at radius 1 is 1.09 bits per heavy atom. The minimum absolute atomic E-state index is 0.194. The topological polar surface area (TPSA) is 67.4 Å². The Labute approximate surface area is 139 Å². The van der Waals surface area contributed by atoms with E-state index < -0.39 is 11.8 Å². The third-order valence-corrected chi connectivity index (χ3v) is 3.34. The van der Waals surface area contributed by atoms with Crippen molar-refractivity contribution in [1.29, 1.82) is 0 Å². The highest BCUT2D eigenvalue weighted by molar-refractivity contribution is 6.30. The molecule has 0 radical (unpaired) electrons. The van der Waals surface area contributed by atoms with Gasteiger partial charge in [0.2, 0.25) is 0 Å². The number of carbonyl (C=O) groups excluding carboxylic acids is 2. The van der Waals surface area contributed by atoms with Gasteiger partial charge in [-0.2, -0.15) is 0 Å². The van der Waals surface area contributed by atoms with E-state index in [-0.39, 0.29) is 6.61 Å². The Balaban J connectivity index is 1.83. The van der Waals surface area contributed by atoms with E-state index >= 15 is 0 Å². The second-order valence-corrected chi connectivity index (χ2v) is 5.51. The predicted octanol–water partition coefficient (Wildman–Crippen LogP) is 2.80. The zero-order chi connectivity index (χ0) is 16.8. The van der Waals surface area contributed by atoms with Crippen LogP contribution in [0, 0.1) is 13.8 Å². The number of ether oxygens (including phenoxy) is 1. The molecule has 2 aromatic carbocycles. The van der Waals surface area contributed by atoms with E-state index in [0.717, 1.165) is 11.1 Å². The van der Waals surface area contributed by atoms with Crippen LogP contribution in [0.5, 0.6) is 5.75 Å². The number of halogens is 1. The van der Waals surface area contributed by atoms with E-state index in [1.165, 1.54) is 6.07 Å². The molecule has 5 nitrogen and oxygen atoms in total. The summed E-state index contributed by atoms with van der Waals surface area (Å²) < 4.78 is 5.45. The van der Waals surface area contributed by atoms with Gasteiger partial charge >= 0.3 is 0 Å². The standard InChI is InChI=1S/C17H17ClN2O3/c1-11-6-7-12(2)15(8-11)23-10-16(21)19-20-17(22)13-4-3-5-14(18)9-13/h3-9H,10H2,1-2H3,(H,19,21)(H,20,22). The summed E-state index contributed by atoms with van der Waals surface area (Å²) in [5.74, 6) is -0.268. The number of rotatable bonds is 4. The maximum atomic E-state index is 11.8. The smallest absolute Gasteiger partial charge is 0.276 e. The van der Waals surface area contributed by atoms with Gasteiger partial charge in [-0.05, 0) is 49.2 Å². The minimum Gasteiger partial charge on any atom is -0.483 e. The first-order chi connectivity index (χ1) is 11.0. The number of benzene rings is 2. The lowest BCUT2D eigenvalue weighted by Crippen LogP contribution is -2.43. The third-order valence-electron chi connectivity index (χ3n) is 3.10. The zero-order valence-corrected chi connectivity index (χ0v) is 13.6. The molecule has 0 bridgehead atoms. The van der Waals surface area contributed by atoms with Crippen molar-refractivity contribution >= 4 is 23.4 Å². The Morgan fingerprint density at radius 2 is 1.87 bits per heavy atom. The summed E-state index contributed by atoms with van der Waals surface area (Å²) in [5.41, 5.74) is 6.94. The lowest BCUT2D eigenvalue weighted by molar-refractivity contribution is -0.123. The normalized spacial score (nSPS) is 10.0. The predicted molar refractivity (Wildman–Crippen MR) is 88.5 cm³/mol. The van der Waals surface area contributed by atoms with Gasteiger partial charge in [0.1, 0.15) is 5.75 Å². The molecular weight excluding hydrogens is 316 g/mol. The third kappa shape index (κ3) is 5.00. The molecule has 120 valence electrons. The summed E-state index contributed by atoms with van der Waals surface area (Å²) in [7, 11) is 0. The van der Waals surface area contributed by atoms with Crippen LogP contribution in [0.1, 0.15) is 21.5 Å². The fraction of sp³-hybridized carbons (Fsp3) is 0.176. The minimum atomic E-state index is -0.457. The van der Waals surface area contributed by atoms with Crippen molar-refractivity contribution < 1.29 is 14.3 Å². The molecule has 0 spiro atoms. The molecule has 2 amide bonds. The van der Waals surface area contributed by atoms with Crippen molar-refractivity contribution in [2.75, 3.05) is 6.61 Å². The fourth-order valence-corrected chi connectivity index (χ4v) is 2.06.